The van der Waals surface area contributed by atoms with Crippen LogP contribution in [0.3, 0.4) is 0 Å². The average molecular weight is 426 g/mol. The summed E-state index contributed by atoms with van der Waals surface area (Å²) >= 11 is 0. The molecule has 3 aromatic rings. The maximum atomic E-state index is 12.6. The van der Waals surface area contributed by atoms with Gasteiger partial charge in [0, 0.05) is 37.3 Å². The van der Waals surface area contributed by atoms with Crippen molar-refractivity contribution in [2.75, 3.05) is 42.8 Å². The predicted molar refractivity (Wildman–Crippen MR) is 116 cm³/mol. The molecule has 1 fully saturated rings. The first-order valence-corrected chi connectivity index (χ1v) is 11.0. The first-order valence-electron chi connectivity index (χ1n) is 9.53. The van der Waals surface area contributed by atoms with Crippen LogP contribution in [0.5, 0.6) is 0 Å². The molecule has 8 nitrogen and oxygen atoms in total. The van der Waals surface area contributed by atoms with Gasteiger partial charge in [0.15, 0.2) is 0 Å². The molecular weight excluding hydrogens is 404 g/mol. The first kappa shape index (κ1) is 20.1. The molecule has 156 valence electrons. The van der Waals surface area contributed by atoms with Gasteiger partial charge >= 0.3 is 5.97 Å². The monoisotopic (exact) mass is 426 g/mol. The van der Waals surface area contributed by atoms with Crippen molar-refractivity contribution in [2.24, 2.45) is 0 Å². The minimum Gasteiger partial charge on any atom is -0.478 e. The third-order valence-corrected chi connectivity index (χ3v) is 6.56. The van der Waals surface area contributed by atoms with E-state index in [1.54, 1.807) is 36.4 Å². The molecule has 0 spiro atoms. The van der Waals surface area contributed by atoms with Crippen LogP contribution in [0.1, 0.15) is 10.4 Å². The van der Waals surface area contributed by atoms with Gasteiger partial charge in [-0.2, -0.15) is 0 Å². The summed E-state index contributed by atoms with van der Waals surface area (Å²) in [6.45, 7) is 3.29. The first-order chi connectivity index (χ1) is 14.3. The highest BCUT2D eigenvalue weighted by molar-refractivity contribution is 7.92. The summed E-state index contributed by atoms with van der Waals surface area (Å²) < 4.78 is 27.7. The van der Waals surface area contributed by atoms with E-state index in [0.717, 1.165) is 26.2 Å². The molecule has 0 aliphatic carbocycles. The van der Waals surface area contributed by atoms with Crippen LogP contribution >= 0.6 is 0 Å². The van der Waals surface area contributed by atoms with Gasteiger partial charge in [0.25, 0.3) is 10.0 Å². The van der Waals surface area contributed by atoms with Crippen molar-refractivity contribution < 1.29 is 18.3 Å². The van der Waals surface area contributed by atoms with Crippen LogP contribution in [0.2, 0.25) is 0 Å². The molecule has 1 aliphatic heterocycles. The summed E-state index contributed by atoms with van der Waals surface area (Å²) in [6.07, 6.45) is 0. The molecule has 0 atom stereocenters. The fourth-order valence-electron chi connectivity index (χ4n) is 3.46. The van der Waals surface area contributed by atoms with Crippen LogP contribution in [-0.2, 0) is 10.0 Å². The van der Waals surface area contributed by atoms with Crippen molar-refractivity contribution >= 4 is 38.4 Å². The molecular formula is C21H22N4O4S. The lowest BCUT2D eigenvalue weighted by Crippen LogP contribution is -2.44. The number of hydrogen-bond acceptors (Lipinski definition) is 6. The third-order valence-electron chi connectivity index (χ3n) is 5.16. The zero-order valence-electron chi connectivity index (χ0n) is 16.4. The van der Waals surface area contributed by atoms with Gasteiger partial charge < -0.3 is 14.9 Å². The van der Waals surface area contributed by atoms with E-state index in [2.05, 4.69) is 19.5 Å². The molecule has 2 N–H and O–H groups in total. The number of carboxylic acids is 1. The Morgan fingerprint density at radius 2 is 1.73 bits per heavy atom. The molecule has 0 radical (unpaired) electrons. The van der Waals surface area contributed by atoms with Crippen LogP contribution in [-0.4, -0.2) is 62.6 Å². The molecule has 30 heavy (non-hydrogen) atoms. The summed E-state index contributed by atoms with van der Waals surface area (Å²) in [7, 11) is -1.73. The third kappa shape index (κ3) is 4.07. The molecule has 1 aromatic heterocycles. The summed E-state index contributed by atoms with van der Waals surface area (Å²) in [5.74, 6) is -0.466. The average Bonchev–Trinajstić information content (AvgIpc) is 2.74. The largest absolute Gasteiger partial charge is 0.478 e. The second-order valence-electron chi connectivity index (χ2n) is 7.27. The number of aromatic carboxylic acids is 1. The van der Waals surface area contributed by atoms with E-state index in [0.29, 0.717) is 16.7 Å². The summed E-state index contributed by atoms with van der Waals surface area (Å²) in [5.41, 5.74) is 0.879. The van der Waals surface area contributed by atoms with Gasteiger partial charge in [-0.15, -0.1) is 0 Å². The number of sulfonamides is 1. The number of hydrogen-bond donors (Lipinski definition) is 2. The van der Waals surface area contributed by atoms with Crippen molar-refractivity contribution in [1.82, 2.24) is 9.88 Å². The number of aromatic nitrogens is 1. The Balaban J connectivity index is 1.71. The van der Waals surface area contributed by atoms with Crippen molar-refractivity contribution in [3.05, 3.63) is 60.2 Å². The number of carbonyl (C=O) groups is 1. The van der Waals surface area contributed by atoms with Crippen LogP contribution in [0.25, 0.3) is 10.9 Å². The molecule has 2 heterocycles. The molecule has 1 saturated heterocycles. The maximum absolute atomic E-state index is 12.6. The summed E-state index contributed by atoms with van der Waals surface area (Å²) in [5, 5.41) is 10.1. The number of fused-ring (bicyclic) bond motifs is 1. The Morgan fingerprint density at radius 1 is 1.03 bits per heavy atom. The van der Waals surface area contributed by atoms with Gasteiger partial charge in [-0.1, -0.05) is 18.2 Å². The highest BCUT2D eigenvalue weighted by Crippen LogP contribution is 2.27. The number of nitrogens with zero attached hydrogens (tertiary/aromatic N) is 3. The fourth-order valence-corrected chi connectivity index (χ4v) is 4.53. The zero-order chi connectivity index (χ0) is 21.3. The van der Waals surface area contributed by atoms with Gasteiger partial charge in [-0.3, -0.25) is 4.72 Å². The molecule has 0 amide bonds. The van der Waals surface area contributed by atoms with Crippen LogP contribution < -0.4 is 9.62 Å². The molecule has 1 aliphatic rings. The van der Waals surface area contributed by atoms with Crippen LogP contribution in [0.15, 0.2) is 59.5 Å². The molecule has 9 heteroatoms. The van der Waals surface area contributed by atoms with Crippen molar-refractivity contribution in [2.45, 2.75) is 4.90 Å². The van der Waals surface area contributed by atoms with E-state index in [1.165, 1.54) is 18.2 Å². The predicted octanol–water partition coefficient (Wildman–Crippen LogP) is 2.49. The quantitative estimate of drug-likeness (QED) is 0.646. The van der Waals surface area contributed by atoms with Crippen molar-refractivity contribution in [3.8, 4) is 0 Å². The summed E-state index contributed by atoms with van der Waals surface area (Å²) in [6, 6.07) is 14.3. The topological polar surface area (TPSA) is 103 Å². The Kier molecular flexibility index (Phi) is 5.31. The van der Waals surface area contributed by atoms with E-state index in [4.69, 9.17) is 0 Å². The van der Waals surface area contributed by atoms with E-state index < -0.39 is 16.0 Å². The Labute approximate surface area is 174 Å². The van der Waals surface area contributed by atoms with Gasteiger partial charge in [0.2, 0.25) is 0 Å². The lowest BCUT2D eigenvalue weighted by molar-refractivity contribution is 0.0699. The minimum atomic E-state index is -3.78. The zero-order valence-corrected chi connectivity index (χ0v) is 17.3. The number of anilines is 2. The standard InChI is InChI=1S/C21H22N4O4S/c1-24-9-11-25(12-10-24)20-14-18(21(26)27)17-13-15(7-8-19(17)22-20)23-30(28,29)16-5-3-2-4-6-16/h2-8,13-14,23H,9-12H2,1H3,(H,26,27). The Bertz CT molecular complexity index is 1190. The molecule has 0 bridgehead atoms. The fraction of sp³-hybridized carbons (Fsp3) is 0.238. The second-order valence-corrected chi connectivity index (χ2v) is 8.96. The van der Waals surface area contributed by atoms with Gasteiger partial charge in [0.05, 0.1) is 16.0 Å². The number of likely N-dealkylation sites (N-methyl/N-ethyl adjacent to an activating group) is 1. The van der Waals surface area contributed by atoms with E-state index in [-0.39, 0.29) is 16.1 Å². The SMILES string of the molecule is CN1CCN(c2cc(C(=O)O)c3cc(NS(=O)(=O)c4ccccc4)ccc3n2)CC1. The number of carboxylic acid groups (broad SMARTS) is 1. The van der Waals surface area contributed by atoms with Crippen molar-refractivity contribution in [3.63, 3.8) is 0 Å². The normalized spacial score (nSPS) is 15.3. The lowest BCUT2D eigenvalue weighted by Gasteiger charge is -2.33. The Morgan fingerprint density at radius 3 is 2.40 bits per heavy atom. The number of benzene rings is 2. The van der Waals surface area contributed by atoms with Crippen molar-refractivity contribution in [1.29, 1.82) is 0 Å². The minimum absolute atomic E-state index is 0.0923. The highest BCUT2D eigenvalue weighted by atomic mass is 32.2. The number of pyridine rings is 1. The van der Waals surface area contributed by atoms with E-state index in [1.807, 2.05) is 7.05 Å². The van der Waals surface area contributed by atoms with Gasteiger partial charge in [0.1, 0.15) is 5.82 Å². The van der Waals surface area contributed by atoms with E-state index >= 15 is 0 Å². The number of piperazine rings is 1. The molecule has 2 aromatic carbocycles. The smallest absolute Gasteiger partial charge is 0.336 e. The molecule has 4 rings (SSSR count). The molecule has 0 unspecified atom stereocenters. The number of rotatable bonds is 5. The van der Waals surface area contributed by atoms with Crippen LogP contribution in [0.4, 0.5) is 11.5 Å². The highest BCUT2D eigenvalue weighted by Gasteiger charge is 2.20. The summed E-state index contributed by atoms with van der Waals surface area (Å²) in [4.78, 5) is 21.0. The Hall–Kier alpha value is -3.17. The number of nitrogens with one attached hydrogen (secondary N) is 1. The van der Waals surface area contributed by atoms with Gasteiger partial charge in [-0.25, -0.2) is 18.2 Å². The second kappa shape index (κ2) is 7.92. The lowest BCUT2D eigenvalue weighted by atomic mass is 10.1. The van der Waals surface area contributed by atoms with Crippen LogP contribution in [0, 0.1) is 0 Å². The van der Waals surface area contributed by atoms with E-state index in [9.17, 15) is 18.3 Å². The molecule has 0 saturated carbocycles. The maximum Gasteiger partial charge on any atom is 0.336 e. The van der Waals surface area contributed by atoms with Gasteiger partial charge in [-0.05, 0) is 43.4 Å².